The van der Waals surface area contributed by atoms with Crippen molar-refractivity contribution in [2.75, 3.05) is 0 Å². The molecule has 1 aliphatic carbocycles. The van der Waals surface area contributed by atoms with Gasteiger partial charge in [-0.2, -0.15) is 0 Å². The van der Waals surface area contributed by atoms with Crippen molar-refractivity contribution < 1.29 is 9.90 Å². The molecule has 98 valence electrons. The third kappa shape index (κ3) is 2.04. The smallest absolute Gasteiger partial charge is 0.336 e. The molecule has 1 unspecified atom stereocenters. The number of aryl methyl sites for hydroxylation is 1. The van der Waals surface area contributed by atoms with Crippen molar-refractivity contribution in [1.82, 2.24) is 4.98 Å². The first-order chi connectivity index (χ1) is 9.08. The fourth-order valence-corrected chi connectivity index (χ4v) is 3.30. The summed E-state index contributed by atoms with van der Waals surface area (Å²) in [7, 11) is 0. The summed E-state index contributed by atoms with van der Waals surface area (Å²) >= 11 is 3.46. The standard InChI is InChI=1S/C15H14BrNO2/c1-8-5-6-12-10(7-8)13(15(18)19)9-3-2-4-11(16)14(9)17-12/h2-4,8H,5-7H2,1H3,(H,18,19). The highest BCUT2D eigenvalue weighted by atomic mass is 79.9. The van der Waals surface area contributed by atoms with Gasteiger partial charge in [-0.15, -0.1) is 0 Å². The normalized spacial score (nSPS) is 18.3. The van der Waals surface area contributed by atoms with E-state index in [1.165, 1.54) is 0 Å². The second kappa shape index (κ2) is 4.60. The van der Waals surface area contributed by atoms with Gasteiger partial charge in [0, 0.05) is 15.6 Å². The molecule has 19 heavy (non-hydrogen) atoms. The van der Waals surface area contributed by atoms with Gasteiger partial charge < -0.3 is 5.11 Å². The second-order valence-corrected chi connectivity index (χ2v) is 6.06. The summed E-state index contributed by atoms with van der Waals surface area (Å²) in [6.45, 7) is 2.17. The molecule has 0 saturated carbocycles. The van der Waals surface area contributed by atoms with Crippen LogP contribution in [0.15, 0.2) is 22.7 Å². The Hall–Kier alpha value is -1.42. The average molecular weight is 320 g/mol. The van der Waals surface area contributed by atoms with Gasteiger partial charge in [0.15, 0.2) is 0 Å². The molecule has 3 nitrogen and oxygen atoms in total. The summed E-state index contributed by atoms with van der Waals surface area (Å²) in [5.41, 5.74) is 3.08. The highest BCUT2D eigenvalue weighted by Gasteiger charge is 2.25. The largest absolute Gasteiger partial charge is 0.478 e. The molecule has 1 aromatic heterocycles. The highest BCUT2D eigenvalue weighted by molar-refractivity contribution is 9.10. The third-order valence-corrected chi connectivity index (χ3v) is 4.43. The first-order valence-electron chi connectivity index (χ1n) is 6.41. The van der Waals surface area contributed by atoms with Crippen LogP contribution >= 0.6 is 15.9 Å². The monoisotopic (exact) mass is 319 g/mol. The molecule has 0 fully saturated rings. The molecule has 2 aromatic rings. The van der Waals surface area contributed by atoms with Crippen LogP contribution in [0.5, 0.6) is 0 Å². The van der Waals surface area contributed by atoms with Crippen LogP contribution in [0.2, 0.25) is 0 Å². The van der Waals surface area contributed by atoms with Gasteiger partial charge in [-0.1, -0.05) is 19.1 Å². The lowest BCUT2D eigenvalue weighted by atomic mass is 9.84. The summed E-state index contributed by atoms with van der Waals surface area (Å²) in [6, 6.07) is 5.61. The topological polar surface area (TPSA) is 50.2 Å². The van der Waals surface area contributed by atoms with Crippen LogP contribution in [-0.2, 0) is 12.8 Å². The molecule has 1 N–H and O–H groups in total. The minimum Gasteiger partial charge on any atom is -0.478 e. The van der Waals surface area contributed by atoms with Gasteiger partial charge in [-0.3, -0.25) is 4.98 Å². The van der Waals surface area contributed by atoms with Gasteiger partial charge in [0.05, 0.1) is 11.1 Å². The molecular weight excluding hydrogens is 306 g/mol. The first kappa shape index (κ1) is 12.6. The van der Waals surface area contributed by atoms with Crippen LogP contribution in [0.4, 0.5) is 0 Å². The van der Waals surface area contributed by atoms with Crippen LogP contribution in [0, 0.1) is 5.92 Å². The van der Waals surface area contributed by atoms with E-state index in [-0.39, 0.29) is 0 Å². The summed E-state index contributed by atoms with van der Waals surface area (Å²) in [5, 5.41) is 10.3. The highest BCUT2D eigenvalue weighted by Crippen LogP contribution is 2.33. The number of nitrogens with zero attached hydrogens (tertiary/aromatic N) is 1. The maximum absolute atomic E-state index is 11.7. The number of hydrogen-bond acceptors (Lipinski definition) is 2. The van der Waals surface area contributed by atoms with E-state index in [0.29, 0.717) is 11.5 Å². The lowest BCUT2D eigenvalue weighted by Gasteiger charge is -2.23. The van der Waals surface area contributed by atoms with Gasteiger partial charge in [0.25, 0.3) is 0 Å². The minimum absolute atomic E-state index is 0.438. The molecule has 1 atom stereocenters. The van der Waals surface area contributed by atoms with Gasteiger partial charge in [-0.05, 0) is 52.7 Å². The predicted octanol–water partition coefficient (Wildman–Crippen LogP) is 3.82. The van der Waals surface area contributed by atoms with Gasteiger partial charge >= 0.3 is 5.97 Å². The van der Waals surface area contributed by atoms with Gasteiger partial charge in [0.2, 0.25) is 0 Å². The number of pyridine rings is 1. The van der Waals surface area contributed by atoms with Crippen molar-refractivity contribution in [1.29, 1.82) is 0 Å². The number of halogens is 1. The minimum atomic E-state index is -0.851. The van der Waals surface area contributed by atoms with Crippen molar-refractivity contribution in [2.24, 2.45) is 5.92 Å². The first-order valence-corrected chi connectivity index (χ1v) is 7.20. The Bertz CT molecular complexity index is 681. The molecule has 1 heterocycles. The number of benzene rings is 1. The fourth-order valence-electron chi connectivity index (χ4n) is 2.84. The van der Waals surface area contributed by atoms with Crippen molar-refractivity contribution in [3.63, 3.8) is 0 Å². The van der Waals surface area contributed by atoms with E-state index in [0.717, 1.165) is 45.9 Å². The Kier molecular flexibility index (Phi) is 3.05. The number of carboxylic acids is 1. The van der Waals surface area contributed by atoms with E-state index < -0.39 is 5.97 Å². The number of carbonyl (C=O) groups is 1. The number of aromatic nitrogens is 1. The summed E-state index contributed by atoms with van der Waals surface area (Å²) in [5.74, 6) is -0.326. The molecule has 0 saturated heterocycles. The Morgan fingerprint density at radius 2 is 2.26 bits per heavy atom. The van der Waals surface area contributed by atoms with E-state index in [2.05, 4.69) is 27.8 Å². The molecule has 0 spiro atoms. The maximum Gasteiger partial charge on any atom is 0.336 e. The zero-order chi connectivity index (χ0) is 13.6. The summed E-state index contributed by atoms with van der Waals surface area (Å²) in [6.07, 6.45) is 2.76. The maximum atomic E-state index is 11.7. The van der Waals surface area contributed by atoms with Crippen molar-refractivity contribution in [3.05, 3.63) is 39.5 Å². The van der Waals surface area contributed by atoms with Gasteiger partial charge in [0.1, 0.15) is 0 Å². The quantitative estimate of drug-likeness (QED) is 0.869. The van der Waals surface area contributed by atoms with E-state index >= 15 is 0 Å². The molecule has 0 amide bonds. The number of para-hydroxylation sites is 1. The SMILES string of the molecule is CC1CCc2nc3c(Br)cccc3c(C(=O)O)c2C1. The van der Waals surface area contributed by atoms with Crippen LogP contribution < -0.4 is 0 Å². The fraction of sp³-hybridized carbons (Fsp3) is 0.333. The van der Waals surface area contributed by atoms with Gasteiger partial charge in [-0.25, -0.2) is 4.79 Å². The van der Waals surface area contributed by atoms with Crippen molar-refractivity contribution in [3.8, 4) is 0 Å². The number of fused-ring (bicyclic) bond motifs is 2. The Labute approximate surface area is 119 Å². The Morgan fingerprint density at radius 3 is 3.00 bits per heavy atom. The van der Waals surface area contributed by atoms with Crippen molar-refractivity contribution >= 4 is 32.8 Å². The van der Waals surface area contributed by atoms with Crippen LogP contribution in [0.25, 0.3) is 10.9 Å². The molecule has 1 aromatic carbocycles. The summed E-state index contributed by atoms with van der Waals surface area (Å²) in [4.78, 5) is 16.3. The molecular formula is C15H14BrNO2. The zero-order valence-corrected chi connectivity index (χ0v) is 12.2. The number of rotatable bonds is 1. The number of carboxylic acid groups (broad SMARTS) is 1. The van der Waals surface area contributed by atoms with Crippen LogP contribution in [0.1, 0.15) is 35.0 Å². The average Bonchev–Trinajstić information content (AvgIpc) is 2.36. The lowest BCUT2D eigenvalue weighted by molar-refractivity contribution is 0.0697. The molecule has 0 bridgehead atoms. The molecule has 0 aliphatic heterocycles. The second-order valence-electron chi connectivity index (χ2n) is 5.20. The zero-order valence-electron chi connectivity index (χ0n) is 10.6. The lowest BCUT2D eigenvalue weighted by Crippen LogP contribution is -2.18. The summed E-state index contributed by atoms with van der Waals surface area (Å²) < 4.78 is 0.855. The van der Waals surface area contributed by atoms with E-state index in [1.54, 1.807) is 0 Å². The Morgan fingerprint density at radius 1 is 1.47 bits per heavy atom. The molecule has 1 aliphatic rings. The molecule has 4 heteroatoms. The number of aromatic carboxylic acids is 1. The van der Waals surface area contributed by atoms with E-state index in [1.807, 2.05) is 18.2 Å². The third-order valence-electron chi connectivity index (χ3n) is 3.79. The predicted molar refractivity (Wildman–Crippen MR) is 77.6 cm³/mol. The van der Waals surface area contributed by atoms with Crippen LogP contribution in [0.3, 0.4) is 0 Å². The van der Waals surface area contributed by atoms with E-state index in [4.69, 9.17) is 0 Å². The van der Waals surface area contributed by atoms with Crippen molar-refractivity contribution in [2.45, 2.75) is 26.2 Å². The van der Waals surface area contributed by atoms with Crippen LogP contribution in [-0.4, -0.2) is 16.1 Å². The number of hydrogen-bond donors (Lipinski definition) is 1. The molecule has 3 rings (SSSR count). The van der Waals surface area contributed by atoms with E-state index in [9.17, 15) is 9.90 Å². The Balaban J connectivity index is 2.40. The molecule has 0 radical (unpaired) electrons.